The summed E-state index contributed by atoms with van der Waals surface area (Å²) in [5, 5.41) is 9.72. The Bertz CT molecular complexity index is 569. The van der Waals surface area contributed by atoms with Crippen LogP contribution in [0.25, 0.3) is 11.0 Å². The van der Waals surface area contributed by atoms with Crippen LogP contribution in [0.2, 0.25) is 0 Å². The van der Waals surface area contributed by atoms with E-state index >= 15 is 0 Å². The van der Waals surface area contributed by atoms with Gasteiger partial charge in [0, 0.05) is 15.4 Å². The highest BCUT2D eigenvalue weighted by molar-refractivity contribution is 9.10. The van der Waals surface area contributed by atoms with Gasteiger partial charge in [-0.1, -0.05) is 29.8 Å². The zero-order valence-corrected chi connectivity index (χ0v) is 11.2. The molecule has 0 aliphatic carbocycles. The van der Waals surface area contributed by atoms with Crippen LogP contribution in [0.15, 0.2) is 27.3 Å². The summed E-state index contributed by atoms with van der Waals surface area (Å²) in [6, 6.07) is 3.92. The summed E-state index contributed by atoms with van der Waals surface area (Å²) in [6.45, 7) is 4.17. The van der Waals surface area contributed by atoms with Gasteiger partial charge in [0.15, 0.2) is 0 Å². The zero-order valence-electron chi connectivity index (χ0n) is 9.66. The molecule has 0 atom stereocenters. The Balaban J connectivity index is 2.64. The molecule has 0 aliphatic rings. The number of carboxylic acids is 1. The Morgan fingerprint density at radius 2 is 2.18 bits per heavy atom. The van der Waals surface area contributed by atoms with Gasteiger partial charge in [0.25, 0.3) is 0 Å². The SMILES string of the molecule is CC(C)c1cc(Br)cc2c(CC(=O)O)coc12. The van der Waals surface area contributed by atoms with Gasteiger partial charge in [-0.05, 0) is 23.6 Å². The standard InChI is InChI=1S/C13H13BrO3/c1-7(2)10-4-9(14)5-11-8(3-12(15)16)6-17-13(10)11/h4-7H,3H2,1-2H3,(H,15,16). The van der Waals surface area contributed by atoms with Gasteiger partial charge < -0.3 is 9.52 Å². The number of benzene rings is 1. The predicted octanol–water partition coefficient (Wildman–Crippen LogP) is 3.95. The summed E-state index contributed by atoms with van der Waals surface area (Å²) in [5.74, 6) is -0.516. The van der Waals surface area contributed by atoms with E-state index in [0.717, 1.165) is 26.6 Å². The number of carboxylic acid groups (broad SMARTS) is 1. The maximum absolute atomic E-state index is 10.8. The Kier molecular flexibility index (Phi) is 3.24. The van der Waals surface area contributed by atoms with E-state index in [1.165, 1.54) is 6.26 Å². The van der Waals surface area contributed by atoms with Crippen LogP contribution >= 0.6 is 15.9 Å². The molecule has 0 aliphatic heterocycles. The number of fused-ring (bicyclic) bond motifs is 1. The number of hydrogen-bond acceptors (Lipinski definition) is 2. The van der Waals surface area contributed by atoms with Gasteiger partial charge in [-0.15, -0.1) is 0 Å². The van der Waals surface area contributed by atoms with Crippen LogP contribution in [0.5, 0.6) is 0 Å². The molecule has 0 saturated carbocycles. The van der Waals surface area contributed by atoms with Crippen molar-refractivity contribution in [1.82, 2.24) is 0 Å². The van der Waals surface area contributed by atoms with Crippen LogP contribution < -0.4 is 0 Å². The average molecular weight is 297 g/mol. The molecule has 1 heterocycles. The molecule has 2 aromatic rings. The van der Waals surface area contributed by atoms with Crippen LogP contribution in [0.1, 0.15) is 30.9 Å². The van der Waals surface area contributed by atoms with Crippen LogP contribution in [0, 0.1) is 0 Å². The first kappa shape index (κ1) is 12.2. The van der Waals surface area contributed by atoms with E-state index in [1.54, 1.807) is 0 Å². The van der Waals surface area contributed by atoms with Crippen molar-refractivity contribution < 1.29 is 14.3 Å². The largest absolute Gasteiger partial charge is 0.481 e. The molecule has 0 saturated heterocycles. The molecule has 4 heteroatoms. The van der Waals surface area contributed by atoms with Gasteiger partial charge in [0.2, 0.25) is 0 Å². The highest BCUT2D eigenvalue weighted by Crippen LogP contribution is 2.32. The van der Waals surface area contributed by atoms with Gasteiger partial charge in [-0.2, -0.15) is 0 Å². The molecule has 17 heavy (non-hydrogen) atoms. The Hall–Kier alpha value is -1.29. The lowest BCUT2D eigenvalue weighted by molar-refractivity contribution is -0.136. The maximum atomic E-state index is 10.8. The smallest absolute Gasteiger partial charge is 0.307 e. The number of furan rings is 1. The molecular weight excluding hydrogens is 284 g/mol. The lowest BCUT2D eigenvalue weighted by Gasteiger charge is -2.07. The van der Waals surface area contributed by atoms with E-state index in [4.69, 9.17) is 9.52 Å². The first-order valence-electron chi connectivity index (χ1n) is 5.40. The van der Waals surface area contributed by atoms with Crippen LogP contribution in [-0.2, 0) is 11.2 Å². The lowest BCUT2D eigenvalue weighted by atomic mass is 9.99. The Morgan fingerprint density at radius 3 is 2.76 bits per heavy atom. The second kappa shape index (κ2) is 4.53. The molecule has 1 N–H and O–H groups in total. The normalized spacial score (nSPS) is 11.3. The predicted molar refractivity (Wildman–Crippen MR) is 69.3 cm³/mol. The van der Waals surface area contributed by atoms with Gasteiger partial charge >= 0.3 is 5.97 Å². The molecule has 1 aromatic carbocycles. The number of halogens is 1. The molecule has 0 unspecified atom stereocenters. The fraction of sp³-hybridized carbons (Fsp3) is 0.308. The van der Waals surface area contributed by atoms with Crippen molar-refractivity contribution in [2.75, 3.05) is 0 Å². The summed E-state index contributed by atoms with van der Waals surface area (Å²) in [4.78, 5) is 10.8. The van der Waals surface area contributed by atoms with Crippen molar-refractivity contribution in [3.8, 4) is 0 Å². The summed E-state index contributed by atoms with van der Waals surface area (Å²) in [6.07, 6.45) is 1.53. The second-order valence-electron chi connectivity index (χ2n) is 4.36. The molecule has 0 radical (unpaired) electrons. The average Bonchev–Trinajstić information content (AvgIpc) is 2.59. The minimum atomic E-state index is -0.848. The maximum Gasteiger partial charge on any atom is 0.307 e. The van der Waals surface area contributed by atoms with Crippen molar-refractivity contribution in [3.63, 3.8) is 0 Å². The van der Waals surface area contributed by atoms with Gasteiger partial charge in [0.05, 0.1) is 12.7 Å². The monoisotopic (exact) mass is 296 g/mol. The third kappa shape index (κ3) is 2.36. The molecule has 3 nitrogen and oxygen atoms in total. The third-order valence-corrected chi connectivity index (χ3v) is 3.17. The van der Waals surface area contributed by atoms with Gasteiger partial charge in [0.1, 0.15) is 5.58 Å². The first-order chi connectivity index (χ1) is 7.99. The lowest BCUT2D eigenvalue weighted by Crippen LogP contribution is -1.99. The minimum Gasteiger partial charge on any atom is -0.481 e. The number of hydrogen-bond donors (Lipinski definition) is 1. The fourth-order valence-corrected chi connectivity index (χ4v) is 2.38. The summed E-state index contributed by atoms with van der Waals surface area (Å²) in [7, 11) is 0. The summed E-state index contributed by atoms with van der Waals surface area (Å²) >= 11 is 3.45. The van der Waals surface area contributed by atoms with Crippen LogP contribution in [0.4, 0.5) is 0 Å². The molecule has 0 fully saturated rings. The number of rotatable bonds is 3. The Morgan fingerprint density at radius 1 is 1.47 bits per heavy atom. The molecule has 2 rings (SSSR count). The quantitative estimate of drug-likeness (QED) is 0.933. The van der Waals surface area contributed by atoms with E-state index in [2.05, 4.69) is 29.8 Å². The van der Waals surface area contributed by atoms with Crippen LogP contribution in [-0.4, -0.2) is 11.1 Å². The van der Waals surface area contributed by atoms with Crippen molar-refractivity contribution in [1.29, 1.82) is 0 Å². The molecule has 0 amide bonds. The topological polar surface area (TPSA) is 50.4 Å². The minimum absolute atomic E-state index is 0.0129. The van der Waals surface area contributed by atoms with E-state index in [-0.39, 0.29) is 6.42 Å². The van der Waals surface area contributed by atoms with E-state index in [0.29, 0.717) is 5.92 Å². The van der Waals surface area contributed by atoms with E-state index in [9.17, 15) is 4.79 Å². The van der Waals surface area contributed by atoms with Crippen molar-refractivity contribution in [2.24, 2.45) is 0 Å². The third-order valence-electron chi connectivity index (χ3n) is 2.71. The molecule has 0 bridgehead atoms. The molecule has 1 aromatic heterocycles. The number of aliphatic carboxylic acids is 1. The van der Waals surface area contributed by atoms with Crippen molar-refractivity contribution in [2.45, 2.75) is 26.2 Å². The first-order valence-corrected chi connectivity index (χ1v) is 6.19. The van der Waals surface area contributed by atoms with Crippen molar-refractivity contribution >= 4 is 32.9 Å². The van der Waals surface area contributed by atoms with E-state index < -0.39 is 5.97 Å². The van der Waals surface area contributed by atoms with Crippen molar-refractivity contribution in [3.05, 3.63) is 34.0 Å². The molecule has 0 spiro atoms. The van der Waals surface area contributed by atoms with E-state index in [1.807, 2.05) is 12.1 Å². The second-order valence-corrected chi connectivity index (χ2v) is 5.27. The fourth-order valence-electron chi connectivity index (χ4n) is 1.91. The number of carbonyl (C=O) groups is 1. The summed E-state index contributed by atoms with van der Waals surface area (Å²) < 4.78 is 6.46. The highest BCUT2D eigenvalue weighted by Gasteiger charge is 2.15. The van der Waals surface area contributed by atoms with Gasteiger partial charge in [-0.3, -0.25) is 4.79 Å². The summed E-state index contributed by atoms with van der Waals surface area (Å²) in [5.41, 5.74) is 2.60. The van der Waals surface area contributed by atoms with Crippen LogP contribution in [0.3, 0.4) is 0 Å². The molecule has 90 valence electrons. The molecular formula is C13H13BrO3. The zero-order chi connectivity index (χ0) is 12.6. The van der Waals surface area contributed by atoms with Gasteiger partial charge in [-0.25, -0.2) is 0 Å². The highest BCUT2D eigenvalue weighted by atomic mass is 79.9. The Labute approximate surface area is 108 Å².